The van der Waals surface area contributed by atoms with Gasteiger partial charge >= 0.3 is 0 Å². The van der Waals surface area contributed by atoms with Crippen LogP contribution in [0.1, 0.15) is 15.4 Å². The number of hydrogen-bond acceptors (Lipinski definition) is 5. The SMILES string of the molecule is NC(=O)c1cc(-c2csc(COc3ccc(F)cc3)n2)ccc1O. The molecule has 0 aliphatic heterocycles. The molecule has 0 atom stereocenters. The molecule has 0 aliphatic rings. The first-order valence-corrected chi connectivity index (χ1v) is 7.87. The van der Waals surface area contributed by atoms with Crippen molar-refractivity contribution in [2.45, 2.75) is 6.61 Å². The number of nitrogens with two attached hydrogens (primary N) is 1. The monoisotopic (exact) mass is 344 g/mol. The summed E-state index contributed by atoms with van der Waals surface area (Å²) in [5.41, 5.74) is 6.60. The molecule has 2 aromatic carbocycles. The molecule has 0 aliphatic carbocycles. The minimum absolute atomic E-state index is 0.0459. The number of carbonyl (C=O) groups excluding carboxylic acids is 1. The summed E-state index contributed by atoms with van der Waals surface area (Å²) in [5.74, 6) is -0.643. The molecule has 3 aromatic rings. The van der Waals surface area contributed by atoms with Crippen LogP contribution < -0.4 is 10.5 Å². The molecule has 0 saturated heterocycles. The number of aromatic nitrogens is 1. The largest absolute Gasteiger partial charge is 0.507 e. The van der Waals surface area contributed by atoms with E-state index in [1.165, 1.54) is 35.6 Å². The summed E-state index contributed by atoms with van der Waals surface area (Å²) in [6.07, 6.45) is 0. The van der Waals surface area contributed by atoms with E-state index in [1.807, 2.05) is 5.38 Å². The molecule has 1 aromatic heterocycles. The highest BCUT2D eigenvalue weighted by Gasteiger charge is 2.11. The van der Waals surface area contributed by atoms with Gasteiger partial charge in [0.1, 0.15) is 28.9 Å². The topological polar surface area (TPSA) is 85.4 Å². The van der Waals surface area contributed by atoms with E-state index < -0.39 is 5.91 Å². The van der Waals surface area contributed by atoms with E-state index in [9.17, 15) is 14.3 Å². The van der Waals surface area contributed by atoms with Crippen LogP contribution in [0.5, 0.6) is 11.5 Å². The highest BCUT2D eigenvalue weighted by molar-refractivity contribution is 7.09. The molecule has 122 valence electrons. The molecule has 0 radical (unpaired) electrons. The van der Waals surface area contributed by atoms with Crippen LogP contribution in [-0.2, 0) is 6.61 Å². The third-order valence-corrected chi connectivity index (χ3v) is 4.11. The molecule has 7 heteroatoms. The van der Waals surface area contributed by atoms with Crippen LogP contribution in [0.3, 0.4) is 0 Å². The number of hydrogen-bond donors (Lipinski definition) is 2. The molecule has 5 nitrogen and oxygen atoms in total. The van der Waals surface area contributed by atoms with E-state index in [1.54, 1.807) is 18.2 Å². The fourth-order valence-electron chi connectivity index (χ4n) is 2.08. The smallest absolute Gasteiger partial charge is 0.252 e. The molecule has 0 saturated carbocycles. The van der Waals surface area contributed by atoms with Crippen molar-refractivity contribution >= 4 is 17.2 Å². The van der Waals surface area contributed by atoms with E-state index >= 15 is 0 Å². The Morgan fingerprint density at radius 2 is 2.00 bits per heavy atom. The lowest BCUT2D eigenvalue weighted by Crippen LogP contribution is -2.11. The summed E-state index contributed by atoms with van der Waals surface area (Å²) in [4.78, 5) is 15.7. The van der Waals surface area contributed by atoms with Gasteiger partial charge in [-0.05, 0) is 42.5 Å². The van der Waals surface area contributed by atoms with Crippen molar-refractivity contribution in [1.29, 1.82) is 0 Å². The van der Waals surface area contributed by atoms with Crippen molar-refractivity contribution in [2.75, 3.05) is 0 Å². The van der Waals surface area contributed by atoms with Crippen molar-refractivity contribution < 1.29 is 19.0 Å². The van der Waals surface area contributed by atoms with Gasteiger partial charge in [-0.15, -0.1) is 11.3 Å². The molecule has 0 unspecified atom stereocenters. The Hall–Kier alpha value is -2.93. The molecule has 3 rings (SSSR count). The van der Waals surface area contributed by atoms with Gasteiger partial charge in [0.15, 0.2) is 0 Å². The molecular formula is C17H13FN2O3S. The average Bonchev–Trinajstić information content (AvgIpc) is 3.03. The molecule has 1 heterocycles. The number of primary amides is 1. The predicted octanol–water partition coefficient (Wildman–Crippen LogP) is 3.33. The van der Waals surface area contributed by atoms with Gasteiger partial charge in [-0.25, -0.2) is 9.37 Å². The Morgan fingerprint density at radius 1 is 1.25 bits per heavy atom. The first-order chi connectivity index (χ1) is 11.5. The zero-order chi connectivity index (χ0) is 17.1. The first-order valence-electron chi connectivity index (χ1n) is 6.99. The van der Waals surface area contributed by atoms with Crippen LogP contribution in [0.25, 0.3) is 11.3 Å². The molecule has 3 N–H and O–H groups in total. The minimum Gasteiger partial charge on any atom is -0.507 e. The quantitative estimate of drug-likeness (QED) is 0.743. The fourth-order valence-corrected chi connectivity index (χ4v) is 2.79. The Balaban J connectivity index is 1.74. The van der Waals surface area contributed by atoms with Crippen molar-refractivity contribution in [3.63, 3.8) is 0 Å². The summed E-state index contributed by atoms with van der Waals surface area (Å²) < 4.78 is 18.4. The summed E-state index contributed by atoms with van der Waals surface area (Å²) >= 11 is 1.40. The molecule has 0 bridgehead atoms. The predicted molar refractivity (Wildman–Crippen MR) is 88.5 cm³/mol. The molecule has 1 amide bonds. The Kier molecular flexibility index (Phi) is 4.43. The molecular weight excluding hydrogens is 331 g/mol. The van der Waals surface area contributed by atoms with Crippen LogP contribution in [0.4, 0.5) is 4.39 Å². The van der Waals surface area contributed by atoms with Gasteiger partial charge < -0.3 is 15.6 Å². The third kappa shape index (κ3) is 3.52. The second-order valence-electron chi connectivity index (χ2n) is 4.97. The lowest BCUT2D eigenvalue weighted by atomic mass is 10.1. The van der Waals surface area contributed by atoms with E-state index in [2.05, 4.69) is 4.98 Å². The van der Waals surface area contributed by atoms with Crippen LogP contribution in [-0.4, -0.2) is 16.0 Å². The number of benzene rings is 2. The number of halogens is 1. The highest BCUT2D eigenvalue weighted by Crippen LogP contribution is 2.27. The molecule has 0 fully saturated rings. The average molecular weight is 344 g/mol. The number of ether oxygens (including phenoxy) is 1. The van der Waals surface area contributed by atoms with Crippen molar-refractivity contribution in [1.82, 2.24) is 4.98 Å². The Morgan fingerprint density at radius 3 is 2.71 bits per heavy atom. The zero-order valence-corrected chi connectivity index (χ0v) is 13.2. The van der Waals surface area contributed by atoms with Gasteiger partial charge in [-0.2, -0.15) is 0 Å². The maximum Gasteiger partial charge on any atom is 0.252 e. The highest BCUT2D eigenvalue weighted by atomic mass is 32.1. The van der Waals surface area contributed by atoms with E-state index in [-0.39, 0.29) is 23.7 Å². The second-order valence-corrected chi connectivity index (χ2v) is 5.91. The van der Waals surface area contributed by atoms with Gasteiger partial charge in [-0.3, -0.25) is 4.79 Å². The van der Waals surface area contributed by atoms with Crippen LogP contribution in [0.15, 0.2) is 47.8 Å². The van der Waals surface area contributed by atoms with Crippen molar-refractivity contribution in [2.24, 2.45) is 5.73 Å². The van der Waals surface area contributed by atoms with Crippen LogP contribution in [0.2, 0.25) is 0 Å². The number of nitrogens with zero attached hydrogens (tertiary/aromatic N) is 1. The van der Waals surface area contributed by atoms with Gasteiger partial charge in [0.25, 0.3) is 5.91 Å². The van der Waals surface area contributed by atoms with Gasteiger partial charge in [0, 0.05) is 10.9 Å². The minimum atomic E-state index is -0.704. The van der Waals surface area contributed by atoms with Crippen LogP contribution >= 0.6 is 11.3 Å². The lowest BCUT2D eigenvalue weighted by Gasteiger charge is -2.04. The standard InChI is InChI=1S/C17H13FN2O3S/c18-11-2-4-12(5-3-11)23-8-16-20-14(9-24-16)10-1-6-15(21)13(7-10)17(19)22/h1-7,9,21H,8H2,(H2,19,22). The van der Waals surface area contributed by atoms with Crippen LogP contribution in [0, 0.1) is 5.82 Å². The maximum atomic E-state index is 12.8. The summed E-state index contributed by atoms with van der Waals surface area (Å²) in [6.45, 7) is 0.247. The molecule has 24 heavy (non-hydrogen) atoms. The number of phenols is 1. The Labute approximate surface area is 141 Å². The van der Waals surface area contributed by atoms with Gasteiger partial charge in [0.05, 0.1) is 11.3 Å². The van der Waals surface area contributed by atoms with E-state index in [0.717, 1.165) is 5.01 Å². The number of thiazole rings is 1. The normalized spacial score (nSPS) is 10.5. The second kappa shape index (κ2) is 6.67. The third-order valence-electron chi connectivity index (χ3n) is 3.29. The number of carbonyl (C=O) groups is 1. The Bertz CT molecular complexity index is 878. The summed E-state index contributed by atoms with van der Waals surface area (Å²) in [5, 5.41) is 12.2. The van der Waals surface area contributed by atoms with Crippen molar-refractivity contribution in [3.8, 4) is 22.8 Å². The maximum absolute atomic E-state index is 12.8. The van der Waals surface area contributed by atoms with Crippen molar-refractivity contribution in [3.05, 3.63) is 64.2 Å². The summed E-state index contributed by atoms with van der Waals surface area (Å²) in [7, 11) is 0. The lowest BCUT2D eigenvalue weighted by molar-refractivity contribution is 0.0998. The molecule has 0 spiro atoms. The summed E-state index contributed by atoms with van der Waals surface area (Å²) in [6, 6.07) is 10.3. The van der Waals surface area contributed by atoms with Gasteiger partial charge in [-0.1, -0.05) is 0 Å². The first kappa shape index (κ1) is 15.9. The van der Waals surface area contributed by atoms with E-state index in [0.29, 0.717) is 17.0 Å². The number of aromatic hydroxyl groups is 1. The fraction of sp³-hybridized carbons (Fsp3) is 0.0588. The van der Waals surface area contributed by atoms with E-state index in [4.69, 9.17) is 10.5 Å². The zero-order valence-electron chi connectivity index (χ0n) is 12.4. The number of amides is 1. The number of rotatable bonds is 5. The van der Waals surface area contributed by atoms with Gasteiger partial charge in [0.2, 0.25) is 0 Å².